The molecule has 36 heavy (non-hydrogen) atoms. The van der Waals surface area contributed by atoms with Crippen molar-refractivity contribution in [1.29, 1.82) is 0 Å². The topological polar surface area (TPSA) is 96.0 Å². The molecule has 3 aromatic rings. The van der Waals surface area contributed by atoms with Gasteiger partial charge >= 0.3 is 0 Å². The summed E-state index contributed by atoms with van der Waals surface area (Å²) in [7, 11) is -4.12. The highest BCUT2D eigenvalue weighted by Gasteiger charge is 2.28. The molecule has 1 heterocycles. The number of benzene rings is 3. The fraction of sp³-hybridized carbons (Fsp3) is 0.259. The van der Waals surface area contributed by atoms with Crippen molar-refractivity contribution in [2.45, 2.75) is 24.7 Å². The van der Waals surface area contributed by atoms with E-state index in [4.69, 9.17) is 4.84 Å². The van der Waals surface area contributed by atoms with E-state index in [1.165, 1.54) is 24.3 Å². The highest BCUT2D eigenvalue weighted by Crippen LogP contribution is 2.26. The van der Waals surface area contributed by atoms with E-state index in [9.17, 15) is 18.0 Å². The Hall–Kier alpha value is -3.85. The predicted molar refractivity (Wildman–Crippen MR) is 137 cm³/mol. The van der Waals surface area contributed by atoms with Gasteiger partial charge in [0.25, 0.3) is 15.9 Å². The lowest BCUT2D eigenvalue weighted by molar-refractivity contribution is -0.131. The molecular weight excluding hydrogens is 478 g/mol. The van der Waals surface area contributed by atoms with Gasteiger partial charge in [0.05, 0.1) is 17.1 Å². The van der Waals surface area contributed by atoms with Crippen LogP contribution >= 0.6 is 0 Å². The number of amides is 2. The molecule has 0 spiro atoms. The van der Waals surface area contributed by atoms with Crippen LogP contribution in [0.3, 0.4) is 0 Å². The zero-order chi connectivity index (χ0) is 25.5. The second kappa shape index (κ2) is 11.3. The Morgan fingerprint density at radius 2 is 1.50 bits per heavy atom. The third kappa shape index (κ3) is 6.04. The maximum absolute atomic E-state index is 13.5. The molecule has 188 valence electrons. The molecule has 4 rings (SSSR count). The van der Waals surface area contributed by atoms with Gasteiger partial charge in [-0.25, -0.2) is 0 Å². The number of carbonyl (C=O) groups is 2. The molecule has 9 heteroatoms. The summed E-state index contributed by atoms with van der Waals surface area (Å²) in [4.78, 5) is 32.4. The number of anilines is 1. The summed E-state index contributed by atoms with van der Waals surface area (Å²) in [5, 5.41) is 2.63. The fourth-order valence-electron chi connectivity index (χ4n) is 3.87. The van der Waals surface area contributed by atoms with Gasteiger partial charge in [-0.15, -0.1) is 0 Å². The Morgan fingerprint density at radius 3 is 2.11 bits per heavy atom. The number of hydrogen-bond acceptors (Lipinski definition) is 5. The van der Waals surface area contributed by atoms with Crippen LogP contribution in [0.1, 0.15) is 30.1 Å². The molecule has 1 fully saturated rings. The van der Waals surface area contributed by atoms with Crippen molar-refractivity contribution in [3.63, 3.8) is 0 Å². The van der Waals surface area contributed by atoms with E-state index >= 15 is 0 Å². The van der Waals surface area contributed by atoms with Crippen LogP contribution in [0.5, 0.6) is 5.75 Å². The standard InChI is InChI=1S/C27H29N3O5S/c1-21-16-18-29(19-17-21)26(31)20-28-27(32)22-12-14-25(15-13-22)36(33,34)30(23-8-4-2-5-9-23)35-24-10-6-3-7-11-24/h2-15,21H,16-20H2,1H3,(H,28,32). The summed E-state index contributed by atoms with van der Waals surface area (Å²) in [5.41, 5.74) is 0.582. The minimum Gasteiger partial charge on any atom is -0.364 e. The number of piperidine rings is 1. The maximum Gasteiger partial charge on any atom is 0.295 e. The Balaban J connectivity index is 1.46. The van der Waals surface area contributed by atoms with Crippen LogP contribution in [-0.4, -0.2) is 44.8 Å². The third-order valence-electron chi connectivity index (χ3n) is 6.07. The first-order valence-electron chi connectivity index (χ1n) is 11.8. The molecule has 0 bridgehead atoms. The third-order valence-corrected chi connectivity index (χ3v) is 7.66. The zero-order valence-electron chi connectivity index (χ0n) is 20.0. The van der Waals surface area contributed by atoms with Crippen LogP contribution in [0.2, 0.25) is 0 Å². The number of hydrogen-bond donors (Lipinski definition) is 1. The van der Waals surface area contributed by atoms with Gasteiger partial charge in [0, 0.05) is 18.7 Å². The van der Waals surface area contributed by atoms with Crippen molar-refractivity contribution in [2.24, 2.45) is 5.92 Å². The Bertz CT molecular complexity index is 1270. The van der Waals surface area contributed by atoms with Crippen LogP contribution < -0.4 is 14.6 Å². The zero-order valence-corrected chi connectivity index (χ0v) is 20.9. The molecule has 0 aromatic heterocycles. The maximum atomic E-state index is 13.5. The molecule has 0 unspecified atom stereocenters. The average Bonchev–Trinajstić information content (AvgIpc) is 2.91. The second-order valence-corrected chi connectivity index (χ2v) is 10.5. The summed E-state index contributed by atoms with van der Waals surface area (Å²) in [6, 6.07) is 22.6. The van der Waals surface area contributed by atoms with Crippen LogP contribution in [-0.2, 0) is 14.8 Å². The van der Waals surface area contributed by atoms with Gasteiger partial charge < -0.3 is 15.1 Å². The van der Waals surface area contributed by atoms with Gasteiger partial charge in [0.2, 0.25) is 5.91 Å². The van der Waals surface area contributed by atoms with Crippen LogP contribution in [0.4, 0.5) is 5.69 Å². The van der Waals surface area contributed by atoms with E-state index in [1.54, 1.807) is 65.6 Å². The molecule has 8 nitrogen and oxygen atoms in total. The molecule has 0 atom stereocenters. The van der Waals surface area contributed by atoms with Crippen molar-refractivity contribution in [1.82, 2.24) is 10.2 Å². The monoisotopic (exact) mass is 507 g/mol. The fourth-order valence-corrected chi connectivity index (χ4v) is 5.12. The minimum atomic E-state index is -4.12. The highest BCUT2D eigenvalue weighted by atomic mass is 32.2. The van der Waals surface area contributed by atoms with E-state index in [0.717, 1.165) is 17.3 Å². The Morgan fingerprint density at radius 1 is 0.917 bits per heavy atom. The van der Waals surface area contributed by atoms with Crippen molar-refractivity contribution in [2.75, 3.05) is 24.1 Å². The molecule has 0 radical (unpaired) electrons. The van der Waals surface area contributed by atoms with E-state index in [1.807, 2.05) is 0 Å². The van der Waals surface area contributed by atoms with E-state index in [-0.39, 0.29) is 22.9 Å². The second-order valence-electron chi connectivity index (χ2n) is 8.74. The first kappa shape index (κ1) is 25.2. The van der Waals surface area contributed by atoms with Gasteiger partial charge in [-0.1, -0.05) is 47.8 Å². The Kier molecular flexibility index (Phi) is 7.90. The molecule has 1 aliphatic heterocycles. The first-order chi connectivity index (χ1) is 17.3. The Labute approximate surface area is 211 Å². The quantitative estimate of drug-likeness (QED) is 0.467. The number of nitrogens with zero attached hydrogens (tertiary/aromatic N) is 2. The van der Waals surface area contributed by atoms with Crippen molar-refractivity contribution < 1.29 is 22.8 Å². The van der Waals surface area contributed by atoms with Crippen LogP contribution in [0.15, 0.2) is 89.8 Å². The SMILES string of the molecule is CC1CCN(C(=O)CNC(=O)c2ccc(S(=O)(=O)N(Oc3ccccc3)c3ccccc3)cc2)CC1. The number of para-hydroxylation sites is 2. The van der Waals surface area contributed by atoms with Crippen molar-refractivity contribution in [3.05, 3.63) is 90.5 Å². The van der Waals surface area contributed by atoms with Gasteiger partial charge in [-0.05, 0) is 67.3 Å². The largest absolute Gasteiger partial charge is 0.364 e. The number of carbonyl (C=O) groups excluding carboxylic acids is 2. The number of likely N-dealkylation sites (tertiary alicyclic amines) is 1. The van der Waals surface area contributed by atoms with Crippen molar-refractivity contribution in [3.8, 4) is 5.75 Å². The number of rotatable bonds is 8. The minimum absolute atomic E-state index is 0.0441. The first-order valence-corrected chi connectivity index (χ1v) is 13.3. The average molecular weight is 508 g/mol. The molecular formula is C27H29N3O5S. The lowest BCUT2D eigenvalue weighted by Crippen LogP contribution is -2.43. The lowest BCUT2D eigenvalue weighted by Gasteiger charge is -2.30. The van der Waals surface area contributed by atoms with Crippen molar-refractivity contribution >= 4 is 27.5 Å². The molecule has 2 amide bonds. The predicted octanol–water partition coefficient (Wildman–Crippen LogP) is 3.86. The highest BCUT2D eigenvalue weighted by molar-refractivity contribution is 7.92. The molecule has 1 N–H and O–H groups in total. The number of nitrogens with one attached hydrogen (secondary N) is 1. The summed E-state index contributed by atoms with van der Waals surface area (Å²) in [6.45, 7) is 3.47. The van der Waals surface area contributed by atoms with E-state index in [0.29, 0.717) is 30.4 Å². The molecule has 0 aliphatic carbocycles. The summed E-state index contributed by atoms with van der Waals surface area (Å²) < 4.78 is 27.8. The van der Waals surface area contributed by atoms with E-state index in [2.05, 4.69) is 12.2 Å². The van der Waals surface area contributed by atoms with Gasteiger partial charge in [0.1, 0.15) is 0 Å². The molecule has 1 saturated heterocycles. The van der Waals surface area contributed by atoms with E-state index < -0.39 is 15.9 Å². The molecule has 3 aromatic carbocycles. The molecule has 1 aliphatic rings. The summed E-state index contributed by atoms with van der Waals surface area (Å²) >= 11 is 0. The summed E-state index contributed by atoms with van der Waals surface area (Å²) in [5.74, 6) is 0.396. The normalized spacial score (nSPS) is 14.2. The smallest absolute Gasteiger partial charge is 0.295 e. The lowest BCUT2D eigenvalue weighted by atomic mass is 9.99. The van der Waals surface area contributed by atoms with Gasteiger partial charge in [0.15, 0.2) is 5.75 Å². The molecule has 0 saturated carbocycles. The van der Waals surface area contributed by atoms with Gasteiger partial charge in [-0.3, -0.25) is 9.59 Å². The summed E-state index contributed by atoms with van der Waals surface area (Å²) in [6.07, 6.45) is 1.92. The van der Waals surface area contributed by atoms with Gasteiger partial charge in [-0.2, -0.15) is 8.42 Å². The van der Waals surface area contributed by atoms with Crippen LogP contribution in [0, 0.1) is 5.92 Å². The number of sulfonamides is 1. The van der Waals surface area contributed by atoms with Crippen LogP contribution in [0.25, 0.3) is 0 Å².